The lowest BCUT2D eigenvalue weighted by Gasteiger charge is -2.21. The maximum atomic E-state index is 11.1. The molecule has 16 heavy (non-hydrogen) atoms. The van der Waals surface area contributed by atoms with Gasteiger partial charge in [-0.2, -0.15) is 0 Å². The van der Waals surface area contributed by atoms with Crippen LogP contribution in [-0.4, -0.2) is 22.4 Å². The number of hydrogen-bond acceptors (Lipinski definition) is 4. The maximum Gasteiger partial charge on any atom is 0.224 e. The molecule has 0 radical (unpaired) electrons. The molecule has 0 aromatic carbocycles. The minimum atomic E-state index is -0.635. The van der Waals surface area contributed by atoms with Crippen molar-refractivity contribution in [3.8, 4) is 0 Å². The highest BCUT2D eigenvalue weighted by Gasteiger charge is 2.24. The highest BCUT2D eigenvalue weighted by atomic mass is 35.5. The third-order valence-electron chi connectivity index (χ3n) is 2.31. The number of nitrogens with zero attached hydrogens (tertiary/aromatic N) is 2. The number of halogens is 1. The van der Waals surface area contributed by atoms with Crippen molar-refractivity contribution in [1.29, 1.82) is 0 Å². The fourth-order valence-electron chi connectivity index (χ4n) is 0.991. The number of nitrogens with one attached hydrogen (secondary N) is 1. The van der Waals surface area contributed by atoms with E-state index in [0.717, 1.165) is 5.56 Å². The average Bonchev–Trinajstić information content (AvgIpc) is 2.19. The van der Waals surface area contributed by atoms with Crippen LogP contribution in [0.1, 0.15) is 19.4 Å². The Morgan fingerprint density at radius 1 is 1.62 bits per heavy atom. The third kappa shape index (κ3) is 3.06. The molecule has 0 saturated carbocycles. The number of aromatic nitrogens is 2. The first-order chi connectivity index (χ1) is 7.33. The van der Waals surface area contributed by atoms with Gasteiger partial charge in [0.25, 0.3) is 0 Å². The maximum absolute atomic E-state index is 11.1. The Balaban J connectivity index is 2.75. The van der Waals surface area contributed by atoms with Crippen LogP contribution in [-0.2, 0) is 4.79 Å². The lowest BCUT2D eigenvalue weighted by molar-refractivity contribution is -0.125. The topological polar surface area (TPSA) is 80.9 Å². The van der Waals surface area contributed by atoms with Crippen LogP contribution in [0.25, 0.3) is 0 Å². The molecule has 1 heterocycles. The second-order valence-electron chi connectivity index (χ2n) is 4.27. The number of nitrogens with two attached hydrogens (primary N) is 1. The summed E-state index contributed by atoms with van der Waals surface area (Å²) in [5.74, 6) is 0.257. The first kappa shape index (κ1) is 12.7. The van der Waals surface area contributed by atoms with Gasteiger partial charge >= 0.3 is 0 Å². The highest BCUT2D eigenvalue weighted by Crippen LogP contribution is 2.18. The number of primary amides is 1. The summed E-state index contributed by atoms with van der Waals surface area (Å²) < 4.78 is 0. The van der Waals surface area contributed by atoms with E-state index in [-0.39, 0.29) is 11.2 Å². The Morgan fingerprint density at radius 2 is 2.25 bits per heavy atom. The van der Waals surface area contributed by atoms with Crippen molar-refractivity contribution >= 4 is 23.3 Å². The fourth-order valence-corrected chi connectivity index (χ4v) is 1.12. The van der Waals surface area contributed by atoms with E-state index in [4.69, 9.17) is 17.3 Å². The van der Waals surface area contributed by atoms with Crippen LogP contribution in [0.4, 0.5) is 5.82 Å². The molecule has 6 heteroatoms. The number of rotatable bonds is 4. The summed E-state index contributed by atoms with van der Waals surface area (Å²) >= 11 is 5.68. The van der Waals surface area contributed by atoms with Crippen molar-refractivity contribution in [2.45, 2.75) is 20.8 Å². The monoisotopic (exact) mass is 242 g/mol. The highest BCUT2D eigenvalue weighted by molar-refractivity contribution is 6.28. The zero-order valence-electron chi connectivity index (χ0n) is 9.54. The molecule has 0 bridgehead atoms. The number of carbonyl (C=O) groups excluding carboxylic acids is 1. The Kier molecular flexibility index (Phi) is 3.70. The predicted molar refractivity (Wildman–Crippen MR) is 63.2 cm³/mol. The molecule has 3 N–H and O–H groups in total. The number of aryl methyl sites for hydroxylation is 1. The molecule has 1 amide bonds. The zero-order valence-corrected chi connectivity index (χ0v) is 10.3. The number of amides is 1. The first-order valence-corrected chi connectivity index (χ1v) is 5.23. The average molecular weight is 243 g/mol. The van der Waals surface area contributed by atoms with E-state index < -0.39 is 5.41 Å². The van der Waals surface area contributed by atoms with Gasteiger partial charge in [0, 0.05) is 18.3 Å². The first-order valence-electron chi connectivity index (χ1n) is 4.86. The summed E-state index contributed by atoms with van der Waals surface area (Å²) in [4.78, 5) is 19.0. The van der Waals surface area contributed by atoms with Crippen LogP contribution in [0.5, 0.6) is 0 Å². The second kappa shape index (κ2) is 4.65. The number of anilines is 1. The second-order valence-corrected chi connectivity index (χ2v) is 4.61. The molecule has 0 aliphatic carbocycles. The molecule has 1 aromatic rings. The van der Waals surface area contributed by atoms with Crippen molar-refractivity contribution < 1.29 is 4.79 Å². The molecule has 1 aromatic heterocycles. The smallest absolute Gasteiger partial charge is 0.224 e. The van der Waals surface area contributed by atoms with E-state index in [0.29, 0.717) is 12.4 Å². The Labute approximate surface area is 99.4 Å². The molecule has 0 spiro atoms. The lowest BCUT2D eigenvalue weighted by Crippen LogP contribution is -2.37. The Morgan fingerprint density at radius 3 is 2.81 bits per heavy atom. The van der Waals surface area contributed by atoms with Gasteiger partial charge in [0.2, 0.25) is 11.2 Å². The van der Waals surface area contributed by atoms with Gasteiger partial charge in [0.05, 0.1) is 5.41 Å². The van der Waals surface area contributed by atoms with E-state index in [1.165, 1.54) is 0 Å². The van der Waals surface area contributed by atoms with Gasteiger partial charge in [-0.25, -0.2) is 9.97 Å². The van der Waals surface area contributed by atoms with Gasteiger partial charge in [-0.3, -0.25) is 4.79 Å². The van der Waals surface area contributed by atoms with Crippen LogP contribution in [0.2, 0.25) is 5.28 Å². The minimum Gasteiger partial charge on any atom is -0.369 e. The summed E-state index contributed by atoms with van der Waals surface area (Å²) in [6.45, 7) is 5.79. The molecule has 88 valence electrons. The quantitative estimate of drug-likeness (QED) is 0.782. The van der Waals surface area contributed by atoms with Crippen LogP contribution in [0.15, 0.2) is 6.20 Å². The molecule has 0 aliphatic rings. The standard InChI is InChI=1S/C10H15ClN4O/c1-6-4-13-9(11)15-7(6)14-5-10(2,3)8(12)16/h4H,5H2,1-3H3,(H2,12,16)(H,13,14,15). The molecule has 0 atom stereocenters. The largest absolute Gasteiger partial charge is 0.369 e. The van der Waals surface area contributed by atoms with E-state index in [2.05, 4.69) is 15.3 Å². The Bertz CT molecular complexity index is 406. The van der Waals surface area contributed by atoms with E-state index in [9.17, 15) is 4.79 Å². The summed E-state index contributed by atoms with van der Waals surface area (Å²) in [5.41, 5.74) is 5.49. The van der Waals surface area contributed by atoms with Crippen molar-refractivity contribution in [2.75, 3.05) is 11.9 Å². The van der Waals surface area contributed by atoms with E-state index >= 15 is 0 Å². The van der Waals surface area contributed by atoms with Gasteiger partial charge in [-0.05, 0) is 32.4 Å². The summed E-state index contributed by atoms with van der Waals surface area (Å²) in [6.07, 6.45) is 1.62. The number of carbonyl (C=O) groups is 1. The van der Waals surface area contributed by atoms with Crippen LogP contribution >= 0.6 is 11.6 Å². The molecule has 0 unspecified atom stereocenters. The van der Waals surface area contributed by atoms with Crippen molar-refractivity contribution in [2.24, 2.45) is 11.1 Å². The van der Waals surface area contributed by atoms with Crippen LogP contribution in [0, 0.1) is 12.3 Å². The van der Waals surface area contributed by atoms with E-state index in [1.54, 1.807) is 20.0 Å². The van der Waals surface area contributed by atoms with Crippen LogP contribution in [0.3, 0.4) is 0 Å². The lowest BCUT2D eigenvalue weighted by atomic mass is 9.93. The van der Waals surface area contributed by atoms with Gasteiger partial charge in [-0.15, -0.1) is 0 Å². The summed E-state index contributed by atoms with van der Waals surface area (Å²) in [7, 11) is 0. The van der Waals surface area contributed by atoms with Crippen LogP contribution < -0.4 is 11.1 Å². The predicted octanol–water partition coefficient (Wildman–Crippen LogP) is 1.36. The SMILES string of the molecule is Cc1cnc(Cl)nc1NCC(C)(C)C(N)=O. The summed E-state index contributed by atoms with van der Waals surface area (Å²) in [6, 6.07) is 0. The normalized spacial score (nSPS) is 11.2. The fraction of sp³-hybridized carbons (Fsp3) is 0.500. The van der Waals surface area contributed by atoms with Gasteiger partial charge < -0.3 is 11.1 Å². The molecule has 0 aliphatic heterocycles. The molecule has 5 nitrogen and oxygen atoms in total. The van der Waals surface area contributed by atoms with Crippen molar-refractivity contribution in [1.82, 2.24) is 9.97 Å². The van der Waals surface area contributed by atoms with Crippen molar-refractivity contribution in [3.05, 3.63) is 17.0 Å². The van der Waals surface area contributed by atoms with Gasteiger partial charge in [0.1, 0.15) is 5.82 Å². The zero-order chi connectivity index (χ0) is 12.3. The van der Waals surface area contributed by atoms with Gasteiger partial charge in [0.15, 0.2) is 0 Å². The molecule has 1 rings (SSSR count). The molecular formula is C10H15ClN4O. The molecular weight excluding hydrogens is 228 g/mol. The third-order valence-corrected chi connectivity index (χ3v) is 2.49. The van der Waals surface area contributed by atoms with E-state index in [1.807, 2.05) is 6.92 Å². The Hall–Kier alpha value is -1.36. The minimum absolute atomic E-state index is 0.171. The molecule has 0 fully saturated rings. The van der Waals surface area contributed by atoms with Gasteiger partial charge in [-0.1, -0.05) is 0 Å². The summed E-state index contributed by atoms with van der Waals surface area (Å²) in [5, 5.41) is 3.21. The molecule has 0 saturated heterocycles. The number of hydrogen-bond donors (Lipinski definition) is 2. The van der Waals surface area contributed by atoms with Crippen molar-refractivity contribution in [3.63, 3.8) is 0 Å².